The fraction of sp³-hybridized carbons (Fsp3) is 0.435. The second kappa shape index (κ2) is 10.9. The van der Waals surface area contributed by atoms with E-state index in [1.165, 1.54) is 11.1 Å². The van der Waals surface area contributed by atoms with Gasteiger partial charge in [-0.2, -0.15) is 0 Å². The Balaban J connectivity index is 0.00000256. The molecule has 4 rings (SSSR count). The van der Waals surface area contributed by atoms with Crippen LogP contribution in [0.2, 0.25) is 0 Å². The van der Waals surface area contributed by atoms with Crippen molar-refractivity contribution in [1.82, 2.24) is 10.6 Å². The minimum absolute atomic E-state index is 0. The van der Waals surface area contributed by atoms with Gasteiger partial charge >= 0.3 is 0 Å². The van der Waals surface area contributed by atoms with Crippen molar-refractivity contribution < 1.29 is 14.2 Å². The Morgan fingerprint density at radius 1 is 1.00 bits per heavy atom. The zero-order valence-electron chi connectivity index (χ0n) is 17.4. The van der Waals surface area contributed by atoms with Gasteiger partial charge in [0.25, 0.3) is 0 Å². The highest BCUT2D eigenvalue weighted by Crippen LogP contribution is 2.40. The molecule has 30 heavy (non-hydrogen) atoms. The van der Waals surface area contributed by atoms with Crippen molar-refractivity contribution in [3.05, 3.63) is 59.7 Å². The van der Waals surface area contributed by atoms with E-state index in [0.29, 0.717) is 13.3 Å². The van der Waals surface area contributed by atoms with Crippen LogP contribution in [0.3, 0.4) is 0 Å². The number of hydrogen-bond acceptors (Lipinski definition) is 4. The first-order chi connectivity index (χ1) is 14.3. The van der Waals surface area contributed by atoms with Crippen LogP contribution in [0, 0.1) is 0 Å². The molecule has 1 saturated heterocycles. The lowest BCUT2D eigenvalue weighted by Gasteiger charge is -2.38. The highest BCUT2D eigenvalue weighted by molar-refractivity contribution is 14.0. The van der Waals surface area contributed by atoms with Gasteiger partial charge in [0.05, 0.1) is 6.54 Å². The third kappa shape index (κ3) is 5.37. The number of aliphatic imine (C=N–C) groups is 1. The lowest BCUT2D eigenvalue weighted by molar-refractivity contribution is 0.0513. The monoisotopic (exact) mass is 523 g/mol. The van der Waals surface area contributed by atoms with Crippen LogP contribution in [0.5, 0.6) is 11.5 Å². The van der Waals surface area contributed by atoms with E-state index in [2.05, 4.69) is 41.8 Å². The normalized spacial score (nSPS) is 17.2. The summed E-state index contributed by atoms with van der Waals surface area (Å²) in [5.74, 6) is 2.49. The van der Waals surface area contributed by atoms with Crippen molar-refractivity contribution >= 4 is 29.9 Å². The Kier molecular flexibility index (Phi) is 8.21. The summed E-state index contributed by atoms with van der Waals surface area (Å²) in [6.07, 6.45) is 1.91. The molecule has 2 N–H and O–H groups in total. The fourth-order valence-electron chi connectivity index (χ4n) is 3.90. The van der Waals surface area contributed by atoms with Crippen LogP contribution in [0.4, 0.5) is 0 Å². The highest BCUT2D eigenvalue weighted by atomic mass is 127. The number of benzene rings is 2. The largest absolute Gasteiger partial charge is 0.454 e. The van der Waals surface area contributed by atoms with Crippen molar-refractivity contribution in [2.24, 2.45) is 4.99 Å². The van der Waals surface area contributed by atoms with Gasteiger partial charge < -0.3 is 24.8 Å². The van der Waals surface area contributed by atoms with Crippen LogP contribution in [0.1, 0.15) is 30.9 Å². The fourth-order valence-corrected chi connectivity index (χ4v) is 3.90. The Morgan fingerprint density at radius 3 is 2.53 bits per heavy atom. The number of ether oxygens (including phenoxy) is 3. The number of nitrogens with one attached hydrogen (secondary N) is 2. The summed E-state index contributed by atoms with van der Waals surface area (Å²) in [5, 5.41) is 6.94. The summed E-state index contributed by atoms with van der Waals surface area (Å²) >= 11 is 0. The molecule has 162 valence electrons. The van der Waals surface area contributed by atoms with E-state index in [0.717, 1.165) is 56.6 Å². The molecule has 0 unspecified atom stereocenters. The van der Waals surface area contributed by atoms with E-state index in [-0.39, 0.29) is 29.4 Å². The highest BCUT2D eigenvalue weighted by Gasteiger charge is 2.35. The average Bonchev–Trinajstić information content (AvgIpc) is 3.25. The smallest absolute Gasteiger partial charge is 0.231 e. The van der Waals surface area contributed by atoms with Gasteiger partial charge in [0, 0.05) is 31.7 Å². The Bertz CT molecular complexity index is 839. The summed E-state index contributed by atoms with van der Waals surface area (Å²) < 4.78 is 16.8. The van der Waals surface area contributed by atoms with Crippen molar-refractivity contribution in [2.45, 2.75) is 31.7 Å². The summed E-state index contributed by atoms with van der Waals surface area (Å²) in [5.41, 5.74) is 2.43. The Labute approximate surface area is 195 Å². The molecule has 2 aromatic carbocycles. The summed E-state index contributed by atoms with van der Waals surface area (Å²) in [4.78, 5) is 4.77. The number of fused-ring (bicyclic) bond motifs is 1. The van der Waals surface area contributed by atoms with Gasteiger partial charge in [-0.05, 0) is 43.0 Å². The molecule has 0 saturated carbocycles. The van der Waals surface area contributed by atoms with Gasteiger partial charge in [0.15, 0.2) is 17.5 Å². The molecule has 2 heterocycles. The molecule has 0 bridgehead atoms. The minimum atomic E-state index is -0.0256. The molecule has 0 radical (unpaired) electrons. The Hall–Kier alpha value is -2.00. The second-order valence-electron chi connectivity index (χ2n) is 7.50. The molecule has 1 fully saturated rings. The first-order valence-electron chi connectivity index (χ1n) is 10.3. The SMILES string of the molecule is CCNC(=NCc1ccccc1)NCC1(c2ccc3c(c2)OCO3)CCOCC1.I. The van der Waals surface area contributed by atoms with Gasteiger partial charge in [-0.3, -0.25) is 0 Å². The molecule has 2 aliphatic rings. The molecule has 0 amide bonds. The van der Waals surface area contributed by atoms with E-state index in [1.54, 1.807) is 0 Å². The molecular formula is C23H30IN3O3. The van der Waals surface area contributed by atoms with Crippen molar-refractivity contribution in [2.75, 3.05) is 33.1 Å². The van der Waals surface area contributed by atoms with Crippen molar-refractivity contribution in [3.8, 4) is 11.5 Å². The number of rotatable bonds is 6. The lowest BCUT2D eigenvalue weighted by Crippen LogP contribution is -2.48. The molecule has 0 spiro atoms. The van der Waals surface area contributed by atoms with Crippen LogP contribution in [-0.2, 0) is 16.7 Å². The molecule has 6 nitrogen and oxygen atoms in total. The van der Waals surface area contributed by atoms with Crippen LogP contribution < -0.4 is 20.1 Å². The predicted octanol–water partition coefficient (Wildman–Crippen LogP) is 3.84. The topological polar surface area (TPSA) is 64.1 Å². The number of nitrogens with zero attached hydrogens (tertiary/aromatic N) is 1. The quantitative estimate of drug-likeness (QED) is 0.343. The van der Waals surface area contributed by atoms with Gasteiger partial charge in [-0.25, -0.2) is 4.99 Å². The van der Waals surface area contributed by atoms with Gasteiger partial charge in [-0.15, -0.1) is 24.0 Å². The molecular weight excluding hydrogens is 493 g/mol. The van der Waals surface area contributed by atoms with Crippen LogP contribution in [0.25, 0.3) is 0 Å². The van der Waals surface area contributed by atoms with E-state index >= 15 is 0 Å². The zero-order valence-corrected chi connectivity index (χ0v) is 19.7. The summed E-state index contributed by atoms with van der Waals surface area (Å²) in [7, 11) is 0. The maximum Gasteiger partial charge on any atom is 0.231 e. The first-order valence-corrected chi connectivity index (χ1v) is 10.3. The van der Waals surface area contributed by atoms with Crippen molar-refractivity contribution in [3.63, 3.8) is 0 Å². The van der Waals surface area contributed by atoms with E-state index in [1.807, 2.05) is 24.3 Å². The zero-order chi connectivity index (χ0) is 19.9. The molecule has 7 heteroatoms. The van der Waals surface area contributed by atoms with Gasteiger partial charge in [-0.1, -0.05) is 36.4 Å². The molecule has 0 aliphatic carbocycles. The predicted molar refractivity (Wildman–Crippen MR) is 129 cm³/mol. The van der Waals surface area contributed by atoms with E-state index in [9.17, 15) is 0 Å². The number of halogens is 1. The summed E-state index contributed by atoms with van der Waals surface area (Å²) in [6, 6.07) is 16.6. The van der Waals surface area contributed by atoms with Gasteiger partial charge in [0.2, 0.25) is 6.79 Å². The van der Waals surface area contributed by atoms with Gasteiger partial charge in [0.1, 0.15) is 0 Å². The van der Waals surface area contributed by atoms with Crippen molar-refractivity contribution in [1.29, 1.82) is 0 Å². The molecule has 2 aromatic rings. The van der Waals surface area contributed by atoms with Crippen LogP contribution in [0.15, 0.2) is 53.5 Å². The average molecular weight is 523 g/mol. The lowest BCUT2D eigenvalue weighted by atomic mass is 9.74. The molecule has 0 aromatic heterocycles. The maximum atomic E-state index is 5.67. The summed E-state index contributed by atoms with van der Waals surface area (Å²) in [6.45, 7) is 6.15. The second-order valence-corrected chi connectivity index (χ2v) is 7.50. The molecule has 2 aliphatic heterocycles. The third-order valence-corrected chi connectivity index (χ3v) is 5.64. The number of hydrogen-bond donors (Lipinski definition) is 2. The Morgan fingerprint density at radius 2 is 1.77 bits per heavy atom. The maximum absolute atomic E-state index is 5.67. The molecule has 0 atom stereocenters. The third-order valence-electron chi connectivity index (χ3n) is 5.64. The van der Waals surface area contributed by atoms with Crippen LogP contribution >= 0.6 is 24.0 Å². The van der Waals surface area contributed by atoms with E-state index in [4.69, 9.17) is 19.2 Å². The van der Waals surface area contributed by atoms with Crippen LogP contribution in [-0.4, -0.2) is 39.1 Å². The minimum Gasteiger partial charge on any atom is -0.454 e. The number of guanidine groups is 1. The standard InChI is InChI=1S/C23H29N3O3.HI/c1-2-24-22(25-15-18-6-4-3-5-7-18)26-16-23(10-12-27-13-11-23)19-8-9-20-21(14-19)29-17-28-20;/h3-9,14H,2,10-13,15-17H2,1H3,(H2,24,25,26);1H. The van der Waals surface area contributed by atoms with E-state index < -0.39 is 0 Å². The first kappa shape index (κ1) is 22.7.